The molecule has 0 saturated carbocycles. The summed E-state index contributed by atoms with van der Waals surface area (Å²) < 4.78 is 13.2. The molecule has 0 aliphatic rings. The van der Waals surface area contributed by atoms with Gasteiger partial charge in [0.1, 0.15) is 5.75 Å². The average molecular weight is 267 g/mol. The van der Waals surface area contributed by atoms with Gasteiger partial charge in [0.25, 0.3) is 0 Å². The van der Waals surface area contributed by atoms with Gasteiger partial charge in [0.15, 0.2) is 17.9 Å². The van der Waals surface area contributed by atoms with Crippen LogP contribution in [0.4, 0.5) is 4.39 Å². The smallest absolute Gasteiger partial charge is 0.165 e. The van der Waals surface area contributed by atoms with Crippen molar-refractivity contribution in [2.24, 2.45) is 0 Å². The Morgan fingerprint density at radius 3 is 2.39 bits per heavy atom. The van der Waals surface area contributed by atoms with Crippen LogP contribution in [0, 0.1) is 5.82 Å². The highest BCUT2D eigenvalue weighted by Gasteiger charge is 2.13. The highest BCUT2D eigenvalue weighted by atomic mass is 35.5. The average Bonchev–Trinajstić information content (AvgIpc) is 2.34. The standard InChI is InChI=1S/C13H8ClFO3/c14-13-8(2-4-11(17)9(13)6-16)7-1-3-12(18)10(15)5-7/h1-6,17-18H. The zero-order chi connectivity index (χ0) is 13.3. The third-order valence-electron chi connectivity index (χ3n) is 2.53. The first kappa shape index (κ1) is 12.4. The molecule has 0 fully saturated rings. The predicted molar refractivity (Wildman–Crippen MR) is 65.6 cm³/mol. The number of aldehydes is 1. The molecule has 0 atom stereocenters. The van der Waals surface area contributed by atoms with E-state index in [1.807, 2.05) is 0 Å². The van der Waals surface area contributed by atoms with Crippen molar-refractivity contribution in [3.63, 3.8) is 0 Å². The number of carbonyl (C=O) groups is 1. The molecule has 0 unspecified atom stereocenters. The summed E-state index contributed by atoms with van der Waals surface area (Å²) in [4.78, 5) is 10.8. The first-order chi connectivity index (χ1) is 8.54. The molecular weight excluding hydrogens is 259 g/mol. The fraction of sp³-hybridized carbons (Fsp3) is 0. The number of halogens is 2. The SMILES string of the molecule is O=Cc1c(O)ccc(-c2ccc(O)c(F)c2)c1Cl. The molecule has 92 valence electrons. The van der Waals surface area contributed by atoms with Crippen LogP contribution in [0.1, 0.15) is 10.4 Å². The third kappa shape index (κ3) is 2.02. The van der Waals surface area contributed by atoms with Crippen LogP contribution < -0.4 is 0 Å². The van der Waals surface area contributed by atoms with Gasteiger partial charge >= 0.3 is 0 Å². The molecule has 0 aromatic heterocycles. The van der Waals surface area contributed by atoms with Crippen molar-refractivity contribution in [2.45, 2.75) is 0 Å². The van der Waals surface area contributed by atoms with Gasteiger partial charge in [-0.15, -0.1) is 0 Å². The summed E-state index contributed by atoms with van der Waals surface area (Å²) in [6.45, 7) is 0. The van der Waals surface area contributed by atoms with Crippen molar-refractivity contribution in [1.29, 1.82) is 0 Å². The molecule has 5 heteroatoms. The Hall–Kier alpha value is -2.07. The summed E-state index contributed by atoms with van der Waals surface area (Å²) in [5, 5.41) is 18.6. The van der Waals surface area contributed by atoms with Crippen molar-refractivity contribution >= 4 is 17.9 Å². The Labute approximate surface area is 107 Å². The van der Waals surface area contributed by atoms with E-state index in [9.17, 15) is 14.3 Å². The number of phenols is 2. The lowest BCUT2D eigenvalue weighted by atomic mass is 10.0. The lowest BCUT2D eigenvalue weighted by Gasteiger charge is -2.08. The molecule has 2 aromatic carbocycles. The van der Waals surface area contributed by atoms with E-state index < -0.39 is 11.6 Å². The highest BCUT2D eigenvalue weighted by Crippen LogP contribution is 2.35. The maximum atomic E-state index is 13.2. The lowest BCUT2D eigenvalue weighted by molar-refractivity contribution is 0.112. The number of hydrogen-bond acceptors (Lipinski definition) is 3. The minimum absolute atomic E-state index is 0.0371. The Kier molecular flexibility index (Phi) is 3.21. The summed E-state index contributed by atoms with van der Waals surface area (Å²) in [7, 11) is 0. The van der Waals surface area contributed by atoms with Crippen molar-refractivity contribution in [3.8, 4) is 22.6 Å². The van der Waals surface area contributed by atoms with Crippen LogP contribution in [0.3, 0.4) is 0 Å². The molecule has 0 amide bonds. The van der Waals surface area contributed by atoms with Gasteiger partial charge in [0, 0.05) is 5.56 Å². The van der Waals surface area contributed by atoms with Crippen LogP contribution in [0.2, 0.25) is 5.02 Å². The molecule has 0 heterocycles. The van der Waals surface area contributed by atoms with E-state index in [1.165, 1.54) is 24.3 Å². The van der Waals surface area contributed by atoms with Crippen molar-refractivity contribution in [1.82, 2.24) is 0 Å². The number of phenolic OH excluding ortho intramolecular Hbond substituents is 2. The summed E-state index contributed by atoms with van der Waals surface area (Å²) in [6.07, 6.45) is 0.429. The van der Waals surface area contributed by atoms with Gasteiger partial charge in [-0.2, -0.15) is 0 Å². The van der Waals surface area contributed by atoms with Crippen molar-refractivity contribution < 1.29 is 19.4 Å². The molecular formula is C13H8ClFO3. The van der Waals surface area contributed by atoms with E-state index in [4.69, 9.17) is 16.7 Å². The molecule has 2 aromatic rings. The van der Waals surface area contributed by atoms with Crippen molar-refractivity contribution in [2.75, 3.05) is 0 Å². The molecule has 0 aliphatic heterocycles. The van der Waals surface area contributed by atoms with E-state index in [2.05, 4.69) is 0 Å². The number of aromatic hydroxyl groups is 2. The molecule has 0 aliphatic carbocycles. The molecule has 2 rings (SSSR count). The number of benzene rings is 2. The van der Waals surface area contributed by atoms with Gasteiger partial charge in [0.05, 0.1) is 10.6 Å². The summed E-state index contributed by atoms with van der Waals surface area (Å²) in [6, 6.07) is 6.52. The van der Waals surface area contributed by atoms with Crippen LogP contribution in [-0.4, -0.2) is 16.5 Å². The van der Waals surface area contributed by atoms with E-state index >= 15 is 0 Å². The van der Waals surface area contributed by atoms with Gasteiger partial charge in [-0.05, 0) is 29.8 Å². The molecule has 3 nitrogen and oxygen atoms in total. The second kappa shape index (κ2) is 4.66. The zero-order valence-electron chi connectivity index (χ0n) is 9.02. The van der Waals surface area contributed by atoms with Crippen LogP contribution in [0.15, 0.2) is 30.3 Å². The maximum Gasteiger partial charge on any atom is 0.165 e. The Morgan fingerprint density at radius 2 is 1.78 bits per heavy atom. The minimum Gasteiger partial charge on any atom is -0.507 e. The Balaban J connectivity index is 2.64. The van der Waals surface area contributed by atoms with Crippen LogP contribution in [0.5, 0.6) is 11.5 Å². The normalized spacial score (nSPS) is 10.3. The summed E-state index contributed by atoms with van der Waals surface area (Å²) >= 11 is 5.96. The summed E-state index contributed by atoms with van der Waals surface area (Å²) in [5.74, 6) is -1.49. The van der Waals surface area contributed by atoms with E-state index in [1.54, 1.807) is 0 Å². The molecule has 18 heavy (non-hydrogen) atoms. The monoisotopic (exact) mass is 266 g/mol. The summed E-state index contributed by atoms with van der Waals surface area (Å²) in [5.41, 5.74) is 0.747. The first-order valence-electron chi connectivity index (χ1n) is 5.00. The first-order valence-corrected chi connectivity index (χ1v) is 5.38. The molecule has 0 spiro atoms. The van der Waals surface area contributed by atoms with Gasteiger partial charge in [-0.25, -0.2) is 4.39 Å². The van der Waals surface area contributed by atoms with E-state index in [-0.39, 0.29) is 16.3 Å². The zero-order valence-corrected chi connectivity index (χ0v) is 9.78. The lowest BCUT2D eigenvalue weighted by Crippen LogP contribution is -1.89. The third-order valence-corrected chi connectivity index (χ3v) is 2.94. The van der Waals surface area contributed by atoms with Gasteiger partial charge < -0.3 is 10.2 Å². The quantitative estimate of drug-likeness (QED) is 0.820. The van der Waals surface area contributed by atoms with Crippen molar-refractivity contribution in [3.05, 3.63) is 46.7 Å². The molecule has 0 saturated heterocycles. The molecule has 0 radical (unpaired) electrons. The van der Waals surface area contributed by atoms with Crippen LogP contribution >= 0.6 is 11.6 Å². The Morgan fingerprint density at radius 1 is 1.11 bits per heavy atom. The maximum absolute atomic E-state index is 13.2. The van der Waals surface area contributed by atoms with Crippen LogP contribution in [-0.2, 0) is 0 Å². The fourth-order valence-electron chi connectivity index (χ4n) is 1.59. The number of carbonyl (C=O) groups excluding carboxylic acids is 1. The van der Waals surface area contributed by atoms with Gasteiger partial charge in [0.2, 0.25) is 0 Å². The molecule has 0 bridgehead atoms. The second-order valence-electron chi connectivity index (χ2n) is 3.64. The molecule has 2 N–H and O–H groups in total. The minimum atomic E-state index is -0.788. The fourth-order valence-corrected chi connectivity index (χ4v) is 1.91. The number of hydrogen-bond donors (Lipinski definition) is 2. The topological polar surface area (TPSA) is 57.5 Å². The number of rotatable bonds is 2. The highest BCUT2D eigenvalue weighted by molar-refractivity contribution is 6.36. The van der Waals surface area contributed by atoms with Gasteiger partial charge in [-0.1, -0.05) is 17.7 Å². The van der Waals surface area contributed by atoms with E-state index in [0.717, 1.165) is 6.07 Å². The van der Waals surface area contributed by atoms with Crippen LogP contribution in [0.25, 0.3) is 11.1 Å². The predicted octanol–water partition coefficient (Wildman–Crippen LogP) is 3.37. The van der Waals surface area contributed by atoms with E-state index in [0.29, 0.717) is 17.4 Å². The second-order valence-corrected chi connectivity index (χ2v) is 4.02. The van der Waals surface area contributed by atoms with Gasteiger partial charge in [-0.3, -0.25) is 4.79 Å². The largest absolute Gasteiger partial charge is 0.507 e. The Bertz CT molecular complexity index is 626.